The molecular formula is C23H17N3O5. The van der Waals surface area contributed by atoms with Gasteiger partial charge in [-0.05, 0) is 36.4 Å². The number of hydrogen-bond acceptors (Lipinski definition) is 6. The molecule has 154 valence electrons. The van der Waals surface area contributed by atoms with E-state index in [0.29, 0.717) is 34.2 Å². The smallest absolute Gasteiger partial charge is 0.262 e. The van der Waals surface area contributed by atoms with Crippen LogP contribution in [-0.4, -0.2) is 25.2 Å². The van der Waals surface area contributed by atoms with E-state index in [0.717, 1.165) is 0 Å². The Hall–Kier alpha value is -4.51. The summed E-state index contributed by atoms with van der Waals surface area (Å²) in [7, 11) is 0. The van der Waals surface area contributed by atoms with Crippen LogP contribution in [0.4, 0.5) is 11.4 Å². The summed E-state index contributed by atoms with van der Waals surface area (Å²) in [5, 5.41) is 14.6. The summed E-state index contributed by atoms with van der Waals surface area (Å²) in [6.45, 7) is -0.167. The highest BCUT2D eigenvalue weighted by Crippen LogP contribution is 2.34. The van der Waals surface area contributed by atoms with Crippen LogP contribution in [0, 0.1) is 11.3 Å². The van der Waals surface area contributed by atoms with Crippen LogP contribution in [0.15, 0.2) is 66.7 Å². The minimum absolute atomic E-state index is 0.141. The Labute approximate surface area is 178 Å². The van der Waals surface area contributed by atoms with Gasteiger partial charge in [-0.2, -0.15) is 5.26 Å². The normalized spacial score (nSPS) is 11.3. The van der Waals surface area contributed by atoms with Gasteiger partial charge in [-0.25, -0.2) is 0 Å². The number of nitrogens with zero attached hydrogens (tertiary/aromatic N) is 1. The van der Waals surface area contributed by atoms with Crippen molar-refractivity contribution in [3.05, 3.63) is 77.9 Å². The van der Waals surface area contributed by atoms with E-state index in [-0.39, 0.29) is 19.0 Å². The van der Waals surface area contributed by atoms with Gasteiger partial charge in [0.1, 0.15) is 11.8 Å². The maximum atomic E-state index is 12.8. The van der Waals surface area contributed by atoms with Gasteiger partial charge in [-0.1, -0.05) is 24.3 Å². The lowest BCUT2D eigenvalue weighted by atomic mass is 10.1. The number of anilines is 2. The van der Waals surface area contributed by atoms with Crippen LogP contribution in [0.2, 0.25) is 0 Å². The number of nitriles is 1. The van der Waals surface area contributed by atoms with E-state index in [4.69, 9.17) is 19.5 Å². The number of rotatable bonds is 6. The Morgan fingerprint density at radius 2 is 1.74 bits per heavy atom. The van der Waals surface area contributed by atoms with Gasteiger partial charge in [-0.15, -0.1) is 0 Å². The Balaban J connectivity index is 1.42. The molecule has 0 atom stereocenters. The van der Waals surface area contributed by atoms with Gasteiger partial charge in [0, 0.05) is 11.8 Å². The molecule has 4 rings (SSSR count). The van der Waals surface area contributed by atoms with Gasteiger partial charge >= 0.3 is 0 Å². The average molecular weight is 415 g/mol. The molecule has 3 aromatic rings. The number of benzene rings is 3. The molecule has 0 radical (unpaired) electrons. The van der Waals surface area contributed by atoms with E-state index >= 15 is 0 Å². The molecule has 2 amide bonds. The van der Waals surface area contributed by atoms with Crippen molar-refractivity contribution in [3.8, 4) is 23.3 Å². The maximum absolute atomic E-state index is 12.8. The fraction of sp³-hybridized carbons (Fsp3) is 0.0870. The number of fused-ring (bicyclic) bond motifs is 1. The Morgan fingerprint density at radius 3 is 2.61 bits per heavy atom. The zero-order valence-electron chi connectivity index (χ0n) is 16.3. The lowest BCUT2D eigenvalue weighted by Gasteiger charge is -2.12. The highest BCUT2D eigenvalue weighted by Gasteiger charge is 2.17. The summed E-state index contributed by atoms with van der Waals surface area (Å²) in [5.74, 6) is 0.619. The Morgan fingerprint density at radius 1 is 0.968 bits per heavy atom. The average Bonchev–Trinajstić information content (AvgIpc) is 3.26. The molecule has 0 saturated heterocycles. The zero-order chi connectivity index (χ0) is 21.6. The largest absolute Gasteiger partial charge is 0.482 e. The maximum Gasteiger partial charge on any atom is 0.262 e. The van der Waals surface area contributed by atoms with Crippen LogP contribution in [0.25, 0.3) is 0 Å². The molecule has 0 bridgehead atoms. The van der Waals surface area contributed by atoms with Crippen LogP contribution in [0.1, 0.15) is 15.9 Å². The van der Waals surface area contributed by atoms with Crippen molar-refractivity contribution < 1.29 is 23.8 Å². The minimum atomic E-state index is -0.462. The molecule has 3 aromatic carbocycles. The summed E-state index contributed by atoms with van der Waals surface area (Å²) in [4.78, 5) is 25.1. The molecular weight excluding hydrogens is 398 g/mol. The fourth-order valence-corrected chi connectivity index (χ4v) is 2.98. The van der Waals surface area contributed by atoms with Crippen LogP contribution in [0.5, 0.6) is 17.2 Å². The minimum Gasteiger partial charge on any atom is -0.482 e. The van der Waals surface area contributed by atoms with Crippen molar-refractivity contribution in [2.24, 2.45) is 0 Å². The van der Waals surface area contributed by atoms with Gasteiger partial charge in [0.05, 0.1) is 16.8 Å². The van der Waals surface area contributed by atoms with Gasteiger partial charge in [0.2, 0.25) is 6.79 Å². The number of para-hydroxylation sites is 2. The molecule has 0 fully saturated rings. The molecule has 0 spiro atoms. The van der Waals surface area contributed by atoms with E-state index in [1.165, 1.54) is 0 Å². The van der Waals surface area contributed by atoms with E-state index < -0.39 is 11.8 Å². The van der Waals surface area contributed by atoms with E-state index in [1.807, 2.05) is 6.07 Å². The molecule has 0 aromatic heterocycles. The number of nitrogens with one attached hydrogen (secondary N) is 2. The van der Waals surface area contributed by atoms with E-state index in [1.54, 1.807) is 66.7 Å². The second kappa shape index (κ2) is 8.88. The SMILES string of the molecule is N#Cc1ccccc1OCC(=O)Nc1ccccc1C(=O)Nc1ccc2c(c1)OCO2. The number of ether oxygens (including phenoxy) is 3. The molecule has 8 nitrogen and oxygen atoms in total. The topological polar surface area (TPSA) is 110 Å². The third kappa shape index (κ3) is 4.57. The summed E-state index contributed by atoms with van der Waals surface area (Å²) in [6, 6.07) is 20.3. The number of amides is 2. The van der Waals surface area contributed by atoms with Crippen molar-refractivity contribution >= 4 is 23.2 Å². The Bertz CT molecular complexity index is 1190. The zero-order valence-corrected chi connectivity index (χ0v) is 16.3. The van der Waals surface area contributed by atoms with Crippen molar-refractivity contribution in [2.45, 2.75) is 0 Å². The third-order valence-corrected chi connectivity index (χ3v) is 4.44. The van der Waals surface area contributed by atoms with Gasteiger partial charge < -0.3 is 24.8 Å². The number of carbonyl (C=O) groups is 2. The molecule has 2 N–H and O–H groups in total. The molecule has 1 aliphatic heterocycles. The summed E-state index contributed by atoms with van der Waals surface area (Å²) < 4.78 is 16.0. The molecule has 1 heterocycles. The fourth-order valence-electron chi connectivity index (χ4n) is 2.98. The molecule has 31 heavy (non-hydrogen) atoms. The molecule has 0 unspecified atom stereocenters. The second-order valence-electron chi connectivity index (χ2n) is 6.51. The lowest BCUT2D eigenvalue weighted by Crippen LogP contribution is -2.23. The van der Waals surface area contributed by atoms with Crippen LogP contribution >= 0.6 is 0 Å². The van der Waals surface area contributed by atoms with Crippen molar-refractivity contribution in [3.63, 3.8) is 0 Å². The molecule has 0 saturated carbocycles. The first-order chi connectivity index (χ1) is 15.1. The first-order valence-corrected chi connectivity index (χ1v) is 9.36. The summed E-state index contributed by atoms with van der Waals surface area (Å²) >= 11 is 0. The highest BCUT2D eigenvalue weighted by atomic mass is 16.7. The van der Waals surface area contributed by atoms with Crippen molar-refractivity contribution in [1.82, 2.24) is 0 Å². The lowest BCUT2D eigenvalue weighted by molar-refractivity contribution is -0.118. The van der Waals surface area contributed by atoms with Crippen LogP contribution in [-0.2, 0) is 4.79 Å². The Kier molecular flexibility index (Phi) is 5.67. The quantitative estimate of drug-likeness (QED) is 0.637. The van der Waals surface area contributed by atoms with Crippen molar-refractivity contribution in [1.29, 1.82) is 5.26 Å². The number of carbonyl (C=O) groups excluding carboxylic acids is 2. The summed E-state index contributed by atoms with van der Waals surface area (Å²) in [5.41, 5.74) is 1.49. The molecule has 0 aliphatic carbocycles. The monoisotopic (exact) mass is 415 g/mol. The number of hydrogen-bond donors (Lipinski definition) is 2. The second-order valence-corrected chi connectivity index (χ2v) is 6.51. The van der Waals surface area contributed by atoms with Gasteiger partial charge in [0.25, 0.3) is 11.8 Å². The van der Waals surface area contributed by atoms with Gasteiger partial charge in [-0.3, -0.25) is 9.59 Å². The van der Waals surface area contributed by atoms with E-state index in [9.17, 15) is 9.59 Å². The van der Waals surface area contributed by atoms with Crippen LogP contribution in [0.3, 0.4) is 0 Å². The van der Waals surface area contributed by atoms with Crippen LogP contribution < -0.4 is 24.8 Å². The molecule has 1 aliphatic rings. The third-order valence-electron chi connectivity index (χ3n) is 4.44. The first-order valence-electron chi connectivity index (χ1n) is 9.36. The van der Waals surface area contributed by atoms with Crippen molar-refractivity contribution in [2.75, 3.05) is 24.0 Å². The van der Waals surface area contributed by atoms with E-state index in [2.05, 4.69) is 10.6 Å². The standard InChI is InChI=1S/C23H17N3O5/c24-12-15-5-1-4-8-19(15)29-13-22(27)26-18-7-3-2-6-17(18)23(28)25-16-9-10-20-21(11-16)31-14-30-20/h1-11H,13-14H2,(H,25,28)(H,26,27). The summed E-state index contributed by atoms with van der Waals surface area (Å²) in [6.07, 6.45) is 0. The van der Waals surface area contributed by atoms with Gasteiger partial charge in [0.15, 0.2) is 18.1 Å². The highest BCUT2D eigenvalue weighted by molar-refractivity contribution is 6.10. The predicted octanol–water partition coefficient (Wildman–Crippen LogP) is 3.56. The molecule has 8 heteroatoms. The first kappa shape index (κ1) is 19.8. The predicted molar refractivity (Wildman–Crippen MR) is 112 cm³/mol.